The van der Waals surface area contributed by atoms with E-state index in [0.29, 0.717) is 44.8 Å². The maximum Gasteiger partial charge on any atom is 0.294 e. The van der Waals surface area contributed by atoms with E-state index in [1.165, 1.54) is 11.6 Å². The van der Waals surface area contributed by atoms with Gasteiger partial charge in [-0.3, -0.25) is 4.55 Å². The van der Waals surface area contributed by atoms with Crippen LogP contribution in [0, 0.1) is 6.92 Å². The Labute approximate surface area is 162 Å². The number of aryl methyl sites for hydroxylation is 2. The van der Waals surface area contributed by atoms with Crippen LogP contribution in [0.4, 0.5) is 0 Å². The van der Waals surface area contributed by atoms with Crippen LogP contribution in [0.5, 0.6) is 0 Å². The fourth-order valence-corrected chi connectivity index (χ4v) is 3.53. The van der Waals surface area contributed by atoms with Crippen molar-refractivity contribution in [3.05, 3.63) is 65.2 Å². The van der Waals surface area contributed by atoms with Crippen LogP contribution in [0.3, 0.4) is 0 Å². The Hall–Kier alpha value is -1.73. The highest BCUT2D eigenvalue weighted by Gasteiger charge is 2.14. The summed E-state index contributed by atoms with van der Waals surface area (Å²) in [6.07, 6.45) is 3.13. The van der Waals surface area contributed by atoms with E-state index in [9.17, 15) is 13.0 Å². The fourth-order valence-electron chi connectivity index (χ4n) is 2.79. The van der Waals surface area contributed by atoms with Crippen molar-refractivity contribution in [3.63, 3.8) is 0 Å². The molecular weight excluding hydrogens is 364 g/mol. The molecule has 5 nitrogen and oxygen atoms in total. The van der Waals surface area contributed by atoms with E-state index in [2.05, 4.69) is 0 Å². The van der Waals surface area contributed by atoms with Gasteiger partial charge in [-0.25, -0.2) is 0 Å². The molecular formula is C21H28O5S. The SMILES string of the molecule is Cc1ccc(S(=O)(=O)O)c(CCCOCCCCOCc2ccccc2)c1. The van der Waals surface area contributed by atoms with Gasteiger partial charge in [0.1, 0.15) is 0 Å². The molecule has 0 spiro atoms. The lowest BCUT2D eigenvalue weighted by atomic mass is 10.1. The summed E-state index contributed by atoms with van der Waals surface area (Å²) in [6, 6.07) is 15.0. The van der Waals surface area contributed by atoms with Crippen molar-refractivity contribution in [2.45, 2.75) is 44.1 Å². The number of hydrogen-bond donors (Lipinski definition) is 1. The van der Waals surface area contributed by atoms with E-state index in [-0.39, 0.29) is 4.90 Å². The first-order chi connectivity index (χ1) is 13.0. The van der Waals surface area contributed by atoms with Gasteiger partial charge in [0.25, 0.3) is 10.1 Å². The zero-order valence-corrected chi connectivity index (χ0v) is 16.6. The Morgan fingerprint density at radius 3 is 2.26 bits per heavy atom. The standard InChI is InChI=1S/C21H28O5S/c1-18-11-12-21(27(22,23)24)20(16-18)10-7-15-25-13-5-6-14-26-17-19-8-3-2-4-9-19/h2-4,8-9,11-12,16H,5-7,10,13-15,17H2,1H3,(H,22,23,24). The van der Waals surface area contributed by atoms with Crippen LogP contribution in [0.25, 0.3) is 0 Å². The van der Waals surface area contributed by atoms with E-state index in [4.69, 9.17) is 9.47 Å². The molecule has 0 aliphatic carbocycles. The monoisotopic (exact) mass is 392 g/mol. The number of unbranched alkanes of at least 4 members (excludes halogenated alkanes) is 1. The molecule has 0 radical (unpaired) electrons. The first-order valence-corrected chi connectivity index (χ1v) is 10.7. The third-order valence-corrected chi connectivity index (χ3v) is 5.12. The maximum absolute atomic E-state index is 11.4. The van der Waals surface area contributed by atoms with Gasteiger partial charge in [-0.15, -0.1) is 0 Å². The van der Waals surface area contributed by atoms with Crippen LogP contribution in [0.1, 0.15) is 36.0 Å². The van der Waals surface area contributed by atoms with Crippen molar-refractivity contribution in [2.24, 2.45) is 0 Å². The summed E-state index contributed by atoms with van der Waals surface area (Å²) in [5.41, 5.74) is 2.78. The van der Waals surface area contributed by atoms with E-state index < -0.39 is 10.1 Å². The van der Waals surface area contributed by atoms with Gasteiger partial charge in [-0.1, -0.05) is 48.0 Å². The average Bonchev–Trinajstić information content (AvgIpc) is 2.63. The van der Waals surface area contributed by atoms with Crippen molar-refractivity contribution in [3.8, 4) is 0 Å². The molecule has 0 fully saturated rings. The van der Waals surface area contributed by atoms with E-state index in [1.54, 1.807) is 12.1 Å². The minimum absolute atomic E-state index is 0.0105. The van der Waals surface area contributed by atoms with Gasteiger partial charge in [0.05, 0.1) is 11.5 Å². The Kier molecular flexibility index (Phi) is 8.94. The van der Waals surface area contributed by atoms with Gasteiger partial charge in [0, 0.05) is 19.8 Å². The molecule has 1 N–H and O–H groups in total. The highest BCUT2D eigenvalue weighted by Crippen LogP contribution is 2.19. The summed E-state index contributed by atoms with van der Waals surface area (Å²) in [7, 11) is -4.19. The van der Waals surface area contributed by atoms with Gasteiger partial charge >= 0.3 is 0 Å². The smallest absolute Gasteiger partial charge is 0.294 e. The summed E-state index contributed by atoms with van der Waals surface area (Å²) in [4.78, 5) is -0.0105. The number of rotatable bonds is 12. The lowest BCUT2D eigenvalue weighted by Gasteiger charge is -2.09. The molecule has 0 unspecified atom stereocenters. The normalized spacial score (nSPS) is 11.6. The maximum atomic E-state index is 11.4. The van der Waals surface area contributed by atoms with E-state index >= 15 is 0 Å². The topological polar surface area (TPSA) is 72.8 Å². The van der Waals surface area contributed by atoms with Crippen molar-refractivity contribution < 1.29 is 22.4 Å². The third kappa shape index (κ3) is 8.22. The molecule has 0 atom stereocenters. The summed E-state index contributed by atoms with van der Waals surface area (Å²) < 4.78 is 43.4. The fraction of sp³-hybridized carbons (Fsp3) is 0.429. The molecule has 0 amide bonds. The highest BCUT2D eigenvalue weighted by atomic mass is 32.2. The number of ether oxygens (including phenoxy) is 2. The molecule has 6 heteroatoms. The number of benzene rings is 2. The number of hydrogen-bond acceptors (Lipinski definition) is 4. The molecule has 0 aromatic heterocycles. The molecule has 0 aliphatic heterocycles. The molecule has 148 valence electrons. The van der Waals surface area contributed by atoms with E-state index in [1.807, 2.05) is 37.3 Å². The molecule has 2 aromatic rings. The van der Waals surface area contributed by atoms with Crippen molar-refractivity contribution >= 4 is 10.1 Å². The van der Waals surface area contributed by atoms with Crippen LogP contribution >= 0.6 is 0 Å². The zero-order chi connectivity index (χ0) is 19.5. The Bertz CT molecular complexity index is 787. The largest absolute Gasteiger partial charge is 0.381 e. The van der Waals surface area contributed by atoms with Gasteiger partial charge in [0.2, 0.25) is 0 Å². The van der Waals surface area contributed by atoms with E-state index in [0.717, 1.165) is 18.4 Å². The lowest BCUT2D eigenvalue weighted by molar-refractivity contribution is 0.0948. The van der Waals surface area contributed by atoms with Gasteiger partial charge < -0.3 is 9.47 Å². The molecule has 0 heterocycles. The zero-order valence-electron chi connectivity index (χ0n) is 15.8. The molecule has 0 aliphatic rings. The van der Waals surface area contributed by atoms with Crippen LogP contribution in [0.2, 0.25) is 0 Å². The first-order valence-electron chi connectivity index (χ1n) is 9.23. The van der Waals surface area contributed by atoms with Crippen molar-refractivity contribution in [2.75, 3.05) is 19.8 Å². The molecule has 2 rings (SSSR count). The highest BCUT2D eigenvalue weighted by molar-refractivity contribution is 7.85. The van der Waals surface area contributed by atoms with Crippen LogP contribution in [-0.2, 0) is 32.6 Å². The third-order valence-electron chi connectivity index (χ3n) is 4.17. The van der Waals surface area contributed by atoms with Crippen LogP contribution in [-0.4, -0.2) is 32.8 Å². The summed E-state index contributed by atoms with van der Waals surface area (Å²) in [5.74, 6) is 0. The average molecular weight is 393 g/mol. The van der Waals surface area contributed by atoms with Gasteiger partial charge in [-0.2, -0.15) is 8.42 Å². The quantitative estimate of drug-likeness (QED) is 0.433. The van der Waals surface area contributed by atoms with Crippen molar-refractivity contribution in [1.29, 1.82) is 0 Å². The molecule has 27 heavy (non-hydrogen) atoms. The summed E-state index contributed by atoms with van der Waals surface area (Å²) in [6.45, 7) is 4.46. The lowest BCUT2D eigenvalue weighted by Crippen LogP contribution is -2.06. The Balaban J connectivity index is 1.56. The van der Waals surface area contributed by atoms with Crippen molar-refractivity contribution in [1.82, 2.24) is 0 Å². The Morgan fingerprint density at radius 1 is 0.889 bits per heavy atom. The van der Waals surface area contributed by atoms with Gasteiger partial charge in [0.15, 0.2) is 0 Å². The van der Waals surface area contributed by atoms with Gasteiger partial charge in [-0.05, 0) is 49.8 Å². The minimum atomic E-state index is -4.19. The molecule has 0 saturated carbocycles. The second-order valence-electron chi connectivity index (χ2n) is 6.55. The van der Waals surface area contributed by atoms with Crippen LogP contribution in [0.15, 0.2) is 53.4 Å². The second kappa shape index (κ2) is 11.2. The molecule has 0 saturated heterocycles. The van der Waals surface area contributed by atoms with Crippen LogP contribution < -0.4 is 0 Å². The Morgan fingerprint density at radius 2 is 1.56 bits per heavy atom. The minimum Gasteiger partial charge on any atom is -0.381 e. The second-order valence-corrected chi connectivity index (χ2v) is 7.94. The molecule has 0 bridgehead atoms. The molecule has 2 aromatic carbocycles. The summed E-state index contributed by atoms with van der Waals surface area (Å²) >= 11 is 0. The predicted octanol–water partition coefficient (Wildman–Crippen LogP) is 4.19. The predicted molar refractivity (Wildman–Crippen MR) is 105 cm³/mol. The first kappa shape index (κ1) is 21.6. The summed E-state index contributed by atoms with van der Waals surface area (Å²) in [5, 5.41) is 0.